The monoisotopic (exact) mass is 378 g/mol. The Bertz CT molecular complexity index is 1040. The topological polar surface area (TPSA) is 100 Å². The largest absolute Gasteiger partial charge is 0.507 e. The number of hydrogen-bond acceptors (Lipinski definition) is 7. The predicted molar refractivity (Wildman–Crippen MR) is 106 cm³/mol. The molecule has 7 nitrogen and oxygen atoms in total. The molecule has 0 radical (unpaired) electrons. The lowest BCUT2D eigenvalue weighted by atomic mass is 9.93. The van der Waals surface area contributed by atoms with Crippen LogP contribution in [0.15, 0.2) is 30.6 Å². The van der Waals surface area contributed by atoms with Crippen LogP contribution in [0.3, 0.4) is 0 Å². The molecule has 1 saturated carbocycles. The molecular formula is C21H22N4O3. The first-order chi connectivity index (χ1) is 13.7. The summed E-state index contributed by atoms with van der Waals surface area (Å²) in [5.41, 5.74) is 2.09. The van der Waals surface area contributed by atoms with Gasteiger partial charge in [-0.05, 0) is 43.9 Å². The lowest BCUT2D eigenvalue weighted by Gasteiger charge is -2.27. The van der Waals surface area contributed by atoms with Crippen LogP contribution in [-0.2, 0) is 6.42 Å². The van der Waals surface area contributed by atoms with Crippen molar-refractivity contribution in [2.24, 2.45) is 0 Å². The Balaban J connectivity index is 1.57. The second kappa shape index (κ2) is 6.91. The van der Waals surface area contributed by atoms with Crippen molar-refractivity contribution >= 4 is 16.6 Å². The SMILES string of the molecule is Oc1c(-c2nnc(N[C@@H]3CCC[C@H](O)C3)c3cnccc23)ccc2c1CCO2. The number of aromatic nitrogens is 3. The molecular weight excluding hydrogens is 356 g/mol. The Kier molecular flexibility index (Phi) is 4.24. The standard InChI is InChI=1S/C21H22N4O3/c26-13-3-1-2-12(10-13)23-21-17-11-22-8-6-14(17)19(24-25-21)16-4-5-18-15(20(16)27)7-9-28-18/h4-6,8,11-13,26-27H,1-3,7,9-10H2,(H,23,25)/t12-,13+/m1/s1. The minimum atomic E-state index is -0.270. The molecule has 2 atom stereocenters. The lowest BCUT2D eigenvalue weighted by Crippen LogP contribution is -2.30. The van der Waals surface area contributed by atoms with Crippen LogP contribution in [0, 0.1) is 0 Å². The normalized spacial score (nSPS) is 21.3. The van der Waals surface area contributed by atoms with Crippen molar-refractivity contribution in [1.29, 1.82) is 0 Å². The number of aliphatic hydroxyl groups is 1. The molecule has 0 spiro atoms. The van der Waals surface area contributed by atoms with Crippen LogP contribution in [0.4, 0.5) is 5.82 Å². The number of phenolic OH excluding ortho intramolecular Hbond substituents is 1. The molecule has 1 aromatic carbocycles. The fourth-order valence-electron chi connectivity index (χ4n) is 4.24. The van der Waals surface area contributed by atoms with Crippen LogP contribution in [0.1, 0.15) is 31.2 Å². The second-order valence-electron chi connectivity index (χ2n) is 7.52. The van der Waals surface area contributed by atoms with Crippen LogP contribution >= 0.6 is 0 Å². The highest BCUT2D eigenvalue weighted by Crippen LogP contribution is 2.42. The molecule has 7 heteroatoms. The van der Waals surface area contributed by atoms with Crippen molar-refractivity contribution in [3.8, 4) is 22.8 Å². The Morgan fingerprint density at radius 1 is 1.11 bits per heavy atom. The van der Waals surface area contributed by atoms with Crippen molar-refractivity contribution in [2.75, 3.05) is 11.9 Å². The van der Waals surface area contributed by atoms with Crippen molar-refractivity contribution < 1.29 is 14.9 Å². The molecule has 0 bridgehead atoms. The highest BCUT2D eigenvalue weighted by Gasteiger charge is 2.24. The number of nitrogens with one attached hydrogen (secondary N) is 1. The van der Waals surface area contributed by atoms with Gasteiger partial charge >= 0.3 is 0 Å². The number of pyridine rings is 1. The Labute approximate surface area is 162 Å². The van der Waals surface area contributed by atoms with Gasteiger partial charge in [-0.25, -0.2) is 0 Å². The molecule has 1 aliphatic carbocycles. The van der Waals surface area contributed by atoms with Crippen LogP contribution in [0.25, 0.3) is 22.0 Å². The van der Waals surface area contributed by atoms with Crippen molar-refractivity contribution in [2.45, 2.75) is 44.2 Å². The molecule has 5 rings (SSSR count). The second-order valence-corrected chi connectivity index (χ2v) is 7.52. The molecule has 3 N–H and O–H groups in total. The van der Waals surface area contributed by atoms with E-state index in [9.17, 15) is 10.2 Å². The molecule has 3 aromatic rings. The van der Waals surface area contributed by atoms with E-state index in [2.05, 4.69) is 20.5 Å². The summed E-state index contributed by atoms with van der Waals surface area (Å²) in [6.45, 7) is 0.582. The summed E-state index contributed by atoms with van der Waals surface area (Å²) >= 11 is 0. The van der Waals surface area contributed by atoms with E-state index < -0.39 is 0 Å². The van der Waals surface area contributed by atoms with E-state index in [1.165, 1.54) is 0 Å². The number of hydrogen-bond donors (Lipinski definition) is 3. The van der Waals surface area contributed by atoms with Crippen molar-refractivity contribution in [3.63, 3.8) is 0 Å². The van der Waals surface area contributed by atoms with Gasteiger partial charge in [0.15, 0.2) is 5.82 Å². The highest BCUT2D eigenvalue weighted by atomic mass is 16.5. The smallest absolute Gasteiger partial charge is 0.158 e. The lowest BCUT2D eigenvalue weighted by molar-refractivity contribution is 0.124. The molecule has 0 amide bonds. The van der Waals surface area contributed by atoms with Gasteiger partial charge in [-0.3, -0.25) is 4.98 Å². The van der Waals surface area contributed by atoms with E-state index in [1.54, 1.807) is 12.4 Å². The average molecular weight is 378 g/mol. The minimum absolute atomic E-state index is 0.165. The number of ether oxygens (including phenoxy) is 1. The Hall–Kier alpha value is -2.93. The summed E-state index contributed by atoms with van der Waals surface area (Å²) in [5, 5.41) is 34.7. The number of phenols is 1. The van der Waals surface area contributed by atoms with E-state index in [1.807, 2.05) is 18.2 Å². The van der Waals surface area contributed by atoms with Crippen LogP contribution in [0.5, 0.6) is 11.5 Å². The van der Waals surface area contributed by atoms with Crippen LogP contribution < -0.4 is 10.1 Å². The van der Waals surface area contributed by atoms with E-state index in [4.69, 9.17) is 4.74 Å². The van der Waals surface area contributed by atoms with Gasteiger partial charge in [0, 0.05) is 46.8 Å². The number of fused-ring (bicyclic) bond motifs is 2. The molecule has 0 unspecified atom stereocenters. The zero-order valence-electron chi connectivity index (χ0n) is 15.4. The third-order valence-electron chi connectivity index (χ3n) is 5.67. The maximum absolute atomic E-state index is 10.8. The van der Waals surface area contributed by atoms with Gasteiger partial charge in [0.25, 0.3) is 0 Å². The maximum Gasteiger partial charge on any atom is 0.158 e. The fourth-order valence-corrected chi connectivity index (χ4v) is 4.24. The van der Waals surface area contributed by atoms with E-state index in [0.717, 1.165) is 41.3 Å². The molecule has 144 valence electrons. The van der Waals surface area contributed by atoms with Gasteiger partial charge in [0.1, 0.15) is 17.2 Å². The molecule has 28 heavy (non-hydrogen) atoms. The first-order valence-corrected chi connectivity index (χ1v) is 9.73. The summed E-state index contributed by atoms with van der Waals surface area (Å²) in [7, 11) is 0. The first kappa shape index (κ1) is 17.2. The third kappa shape index (κ3) is 2.92. The number of anilines is 1. The van der Waals surface area contributed by atoms with Crippen molar-refractivity contribution in [1.82, 2.24) is 15.2 Å². The highest BCUT2D eigenvalue weighted by molar-refractivity contribution is 6.00. The zero-order chi connectivity index (χ0) is 19.1. The van der Waals surface area contributed by atoms with Gasteiger partial charge in [-0.2, -0.15) is 0 Å². The fraction of sp³-hybridized carbons (Fsp3) is 0.381. The molecule has 3 heterocycles. The minimum Gasteiger partial charge on any atom is -0.507 e. The molecule has 1 fully saturated rings. The molecule has 2 aromatic heterocycles. The molecule has 2 aliphatic rings. The quantitative estimate of drug-likeness (QED) is 0.644. The predicted octanol–water partition coefficient (Wildman–Crippen LogP) is 3.05. The Morgan fingerprint density at radius 2 is 2.04 bits per heavy atom. The molecule has 1 aliphatic heterocycles. The van der Waals surface area contributed by atoms with Gasteiger partial charge in [-0.1, -0.05) is 0 Å². The van der Waals surface area contributed by atoms with Gasteiger partial charge in [0.2, 0.25) is 0 Å². The van der Waals surface area contributed by atoms with E-state index >= 15 is 0 Å². The average Bonchev–Trinajstić information content (AvgIpc) is 3.19. The molecule has 0 saturated heterocycles. The van der Waals surface area contributed by atoms with Gasteiger partial charge < -0.3 is 20.3 Å². The van der Waals surface area contributed by atoms with Gasteiger partial charge in [-0.15, -0.1) is 10.2 Å². The third-order valence-corrected chi connectivity index (χ3v) is 5.67. The summed E-state index contributed by atoms with van der Waals surface area (Å²) in [6.07, 6.45) is 7.44. The first-order valence-electron chi connectivity index (χ1n) is 9.73. The number of aromatic hydroxyl groups is 1. The van der Waals surface area contributed by atoms with E-state index in [0.29, 0.717) is 36.5 Å². The summed E-state index contributed by atoms with van der Waals surface area (Å²) in [4.78, 5) is 4.26. The number of nitrogens with zero attached hydrogens (tertiary/aromatic N) is 3. The van der Waals surface area contributed by atoms with Crippen LogP contribution in [-0.4, -0.2) is 44.1 Å². The number of aliphatic hydroxyl groups excluding tert-OH is 1. The summed E-state index contributed by atoms with van der Waals surface area (Å²) in [6, 6.07) is 5.76. The zero-order valence-corrected chi connectivity index (χ0v) is 15.4. The van der Waals surface area contributed by atoms with E-state index in [-0.39, 0.29) is 17.9 Å². The van der Waals surface area contributed by atoms with Gasteiger partial charge in [0.05, 0.1) is 12.7 Å². The maximum atomic E-state index is 10.8. The number of rotatable bonds is 3. The van der Waals surface area contributed by atoms with Crippen molar-refractivity contribution in [3.05, 3.63) is 36.2 Å². The Morgan fingerprint density at radius 3 is 2.93 bits per heavy atom. The van der Waals surface area contributed by atoms with Crippen LogP contribution in [0.2, 0.25) is 0 Å². The summed E-state index contributed by atoms with van der Waals surface area (Å²) in [5.74, 6) is 1.60. The summed E-state index contributed by atoms with van der Waals surface area (Å²) < 4.78 is 5.53. The number of benzene rings is 1.